The van der Waals surface area contributed by atoms with Gasteiger partial charge in [-0.25, -0.2) is 4.79 Å². The first-order chi connectivity index (χ1) is 9.56. The van der Waals surface area contributed by atoms with Gasteiger partial charge in [-0.1, -0.05) is 6.07 Å². The molecule has 0 saturated carbocycles. The number of nitrogens with two attached hydrogens (primary N) is 1. The number of hydrogen-bond donors (Lipinski definition) is 2. The van der Waals surface area contributed by atoms with Crippen LogP contribution < -0.4 is 5.73 Å². The number of carbonyl (C=O) groups is 2. The summed E-state index contributed by atoms with van der Waals surface area (Å²) < 4.78 is 4.68. The lowest BCUT2D eigenvalue weighted by atomic mass is 10.1. The molecule has 1 aromatic rings. The minimum atomic E-state index is -1.35. The van der Waals surface area contributed by atoms with Gasteiger partial charge in [-0.3, -0.25) is 4.79 Å². The van der Waals surface area contributed by atoms with E-state index in [-0.39, 0.29) is 0 Å². The highest BCUT2D eigenvalue weighted by Crippen LogP contribution is 2.24. The van der Waals surface area contributed by atoms with Crippen LogP contribution in [0.4, 0.5) is 0 Å². The van der Waals surface area contributed by atoms with Gasteiger partial charge in [0.25, 0.3) is 5.91 Å². The van der Waals surface area contributed by atoms with E-state index in [9.17, 15) is 14.7 Å². The van der Waals surface area contributed by atoms with Crippen molar-refractivity contribution in [3.05, 3.63) is 22.4 Å². The molecule has 1 aromatic heterocycles. The fraction of sp³-hybridized carbons (Fsp3) is 0.538. The van der Waals surface area contributed by atoms with E-state index in [1.54, 1.807) is 6.07 Å². The first-order valence-corrected chi connectivity index (χ1v) is 7.29. The number of thiophene rings is 1. The van der Waals surface area contributed by atoms with Crippen LogP contribution in [0.25, 0.3) is 0 Å². The maximum absolute atomic E-state index is 12.3. The topological polar surface area (TPSA) is 92.9 Å². The molecule has 1 fully saturated rings. The van der Waals surface area contributed by atoms with Gasteiger partial charge in [0, 0.05) is 11.4 Å². The average molecular weight is 298 g/mol. The normalized spacial score (nSPS) is 21.6. The maximum Gasteiger partial charge on any atom is 0.328 e. The molecule has 1 aliphatic rings. The van der Waals surface area contributed by atoms with Gasteiger partial charge >= 0.3 is 5.97 Å². The number of methoxy groups -OCH3 is 1. The van der Waals surface area contributed by atoms with E-state index < -0.39 is 30.1 Å². The summed E-state index contributed by atoms with van der Waals surface area (Å²) in [5.74, 6) is -0.966. The Bertz CT molecular complexity index is 477. The molecule has 110 valence electrons. The van der Waals surface area contributed by atoms with Crippen molar-refractivity contribution in [2.45, 2.75) is 31.0 Å². The number of likely N-dealkylation sites (tertiary alicyclic amines) is 1. The molecule has 2 rings (SSSR count). The summed E-state index contributed by atoms with van der Waals surface area (Å²) in [6.45, 7) is 0.437. The van der Waals surface area contributed by atoms with Crippen LogP contribution in [0.1, 0.15) is 23.8 Å². The highest BCUT2D eigenvalue weighted by Gasteiger charge is 2.39. The van der Waals surface area contributed by atoms with Crippen LogP contribution >= 0.6 is 11.3 Å². The van der Waals surface area contributed by atoms with E-state index in [1.807, 2.05) is 11.4 Å². The lowest BCUT2D eigenvalue weighted by Crippen LogP contribution is -2.48. The zero-order valence-corrected chi connectivity index (χ0v) is 12.0. The van der Waals surface area contributed by atoms with Crippen molar-refractivity contribution in [1.29, 1.82) is 0 Å². The van der Waals surface area contributed by atoms with Crippen LogP contribution in [0.3, 0.4) is 0 Å². The van der Waals surface area contributed by atoms with Crippen molar-refractivity contribution in [1.82, 2.24) is 4.90 Å². The number of ether oxygens (including phenoxy) is 1. The predicted octanol–water partition coefficient (Wildman–Crippen LogP) is 0.273. The lowest BCUT2D eigenvalue weighted by Gasteiger charge is -2.27. The van der Waals surface area contributed by atoms with Crippen LogP contribution in [0, 0.1) is 0 Å². The third-order valence-corrected chi connectivity index (χ3v) is 4.45. The molecule has 0 aliphatic carbocycles. The minimum Gasteiger partial charge on any atom is -0.467 e. The molecule has 3 N–H and O–H groups in total. The Kier molecular flexibility index (Phi) is 4.74. The molecular formula is C13H18N2O4S. The van der Waals surface area contributed by atoms with Crippen molar-refractivity contribution < 1.29 is 19.4 Å². The molecule has 7 heteroatoms. The van der Waals surface area contributed by atoms with Gasteiger partial charge in [-0.15, -0.1) is 11.3 Å². The largest absolute Gasteiger partial charge is 0.467 e. The van der Waals surface area contributed by atoms with E-state index >= 15 is 0 Å². The Hall–Kier alpha value is -1.44. The number of amides is 1. The van der Waals surface area contributed by atoms with Gasteiger partial charge in [0.2, 0.25) is 0 Å². The number of aliphatic hydroxyl groups is 1. The summed E-state index contributed by atoms with van der Waals surface area (Å²) in [5, 5.41) is 12.0. The van der Waals surface area contributed by atoms with Crippen LogP contribution in [-0.2, 0) is 14.3 Å². The van der Waals surface area contributed by atoms with E-state index in [0.717, 1.165) is 4.88 Å². The van der Waals surface area contributed by atoms with Crippen LogP contribution in [-0.4, -0.2) is 47.7 Å². The summed E-state index contributed by atoms with van der Waals surface area (Å²) >= 11 is 1.38. The van der Waals surface area contributed by atoms with Gasteiger partial charge in [-0.05, 0) is 24.3 Å². The van der Waals surface area contributed by atoms with Gasteiger partial charge in [0.15, 0.2) is 6.10 Å². The molecule has 0 bridgehead atoms. The highest BCUT2D eigenvalue weighted by atomic mass is 32.1. The van der Waals surface area contributed by atoms with Gasteiger partial charge in [-0.2, -0.15) is 0 Å². The highest BCUT2D eigenvalue weighted by molar-refractivity contribution is 7.10. The van der Waals surface area contributed by atoms with Crippen LogP contribution in [0.5, 0.6) is 0 Å². The number of rotatable bonds is 4. The van der Waals surface area contributed by atoms with Gasteiger partial charge in [0.1, 0.15) is 6.04 Å². The smallest absolute Gasteiger partial charge is 0.328 e. The van der Waals surface area contributed by atoms with Crippen LogP contribution in [0.2, 0.25) is 0 Å². The number of carbonyl (C=O) groups excluding carboxylic acids is 2. The summed E-state index contributed by atoms with van der Waals surface area (Å²) in [7, 11) is 1.29. The molecule has 6 nitrogen and oxygen atoms in total. The summed E-state index contributed by atoms with van der Waals surface area (Å²) in [5.41, 5.74) is 5.90. The molecule has 20 heavy (non-hydrogen) atoms. The third-order valence-electron chi connectivity index (χ3n) is 3.47. The quantitative estimate of drug-likeness (QED) is 0.779. The first-order valence-electron chi connectivity index (χ1n) is 6.41. The van der Waals surface area contributed by atoms with Crippen molar-refractivity contribution in [3.63, 3.8) is 0 Å². The van der Waals surface area contributed by atoms with Crippen molar-refractivity contribution in [2.24, 2.45) is 5.73 Å². The molecule has 1 unspecified atom stereocenters. The Labute approximate surface area is 121 Å². The first kappa shape index (κ1) is 15.0. The molecule has 0 aromatic carbocycles. The molecule has 1 amide bonds. The predicted molar refractivity (Wildman–Crippen MR) is 74.0 cm³/mol. The van der Waals surface area contributed by atoms with Crippen LogP contribution in [0.15, 0.2) is 17.5 Å². The molecular weight excluding hydrogens is 280 g/mol. The summed E-state index contributed by atoms with van der Waals surface area (Å²) in [4.78, 5) is 26.0. The second-order valence-corrected chi connectivity index (χ2v) is 5.68. The molecule has 0 spiro atoms. The average Bonchev–Trinajstić information content (AvgIpc) is 3.14. The minimum absolute atomic E-state index is 0.437. The Morgan fingerprint density at radius 3 is 2.95 bits per heavy atom. The number of aliphatic hydroxyl groups excluding tert-OH is 1. The van der Waals surface area contributed by atoms with E-state index in [1.165, 1.54) is 23.3 Å². The SMILES string of the molecule is COC(=O)C1CCCN1C(=O)[C@@H](O)[C@H](N)c1cccs1. The second kappa shape index (κ2) is 6.34. The van der Waals surface area contributed by atoms with Crippen molar-refractivity contribution in [3.8, 4) is 0 Å². The van der Waals surface area contributed by atoms with Gasteiger partial charge < -0.3 is 20.5 Å². The zero-order chi connectivity index (χ0) is 14.7. The fourth-order valence-electron chi connectivity index (χ4n) is 2.37. The molecule has 2 heterocycles. The molecule has 0 radical (unpaired) electrons. The lowest BCUT2D eigenvalue weighted by molar-refractivity contribution is -0.154. The number of nitrogens with zero attached hydrogens (tertiary/aromatic N) is 1. The summed E-state index contributed by atoms with van der Waals surface area (Å²) in [6, 6.07) is 2.19. The van der Waals surface area contributed by atoms with Crippen molar-refractivity contribution >= 4 is 23.2 Å². The number of hydrogen-bond acceptors (Lipinski definition) is 6. The monoisotopic (exact) mass is 298 g/mol. The van der Waals surface area contributed by atoms with E-state index in [0.29, 0.717) is 19.4 Å². The maximum atomic E-state index is 12.3. The Balaban J connectivity index is 2.08. The third kappa shape index (κ3) is 2.84. The van der Waals surface area contributed by atoms with Crippen molar-refractivity contribution in [2.75, 3.05) is 13.7 Å². The van der Waals surface area contributed by atoms with E-state index in [4.69, 9.17) is 5.73 Å². The van der Waals surface area contributed by atoms with Gasteiger partial charge in [0.05, 0.1) is 13.2 Å². The Morgan fingerprint density at radius 1 is 1.60 bits per heavy atom. The molecule has 1 saturated heterocycles. The summed E-state index contributed by atoms with van der Waals surface area (Å²) in [6.07, 6.45) is -0.0786. The second-order valence-electron chi connectivity index (χ2n) is 4.70. The number of esters is 1. The molecule has 3 atom stereocenters. The standard InChI is InChI=1S/C13H18N2O4S/c1-19-13(18)8-4-2-6-15(8)12(17)11(16)10(14)9-5-3-7-20-9/h3,5,7-8,10-11,16H,2,4,6,14H2,1H3/t8?,10-,11+/m1/s1. The Morgan fingerprint density at radius 2 is 2.35 bits per heavy atom. The zero-order valence-electron chi connectivity index (χ0n) is 11.2. The molecule has 1 aliphatic heterocycles. The van der Waals surface area contributed by atoms with E-state index in [2.05, 4.69) is 4.74 Å². The fourth-order valence-corrected chi connectivity index (χ4v) is 3.13.